The van der Waals surface area contributed by atoms with Gasteiger partial charge in [0.05, 0.1) is 0 Å². The first kappa shape index (κ1) is 10.2. The first-order valence-corrected chi connectivity index (χ1v) is 5.61. The molecule has 0 amide bonds. The molecule has 0 radical (unpaired) electrons. The minimum atomic E-state index is 0.864. The van der Waals surface area contributed by atoms with Gasteiger partial charge in [-0.05, 0) is 18.8 Å². The fourth-order valence-electron chi connectivity index (χ4n) is 1.44. The third-order valence-corrected chi connectivity index (χ3v) is 2.61. The van der Waals surface area contributed by atoms with E-state index in [-0.39, 0.29) is 0 Å². The molecule has 1 heterocycles. The van der Waals surface area contributed by atoms with Crippen molar-refractivity contribution in [1.82, 2.24) is 9.97 Å². The third-order valence-electron chi connectivity index (χ3n) is 2.61. The van der Waals surface area contributed by atoms with Gasteiger partial charge in [-0.2, -0.15) is 0 Å². The highest BCUT2D eigenvalue weighted by Crippen LogP contribution is 2.28. The van der Waals surface area contributed by atoms with Crippen LogP contribution < -0.4 is 10.6 Å². The molecule has 1 aromatic rings. The van der Waals surface area contributed by atoms with Gasteiger partial charge in [0.2, 0.25) is 0 Å². The number of nitrogens with zero attached hydrogens (tertiary/aromatic N) is 2. The maximum Gasteiger partial charge on any atom is 0.132 e. The highest BCUT2D eigenvalue weighted by atomic mass is 15.1. The van der Waals surface area contributed by atoms with Crippen LogP contribution in [0, 0.1) is 5.92 Å². The Kier molecular flexibility index (Phi) is 3.04. The van der Waals surface area contributed by atoms with Crippen molar-refractivity contribution in [2.75, 3.05) is 24.2 Å². The van der Waals surface area contributed by atoms with Gasteiger partial charge in [-0.1, -0.05) is 6.92 Å². The molecule has 2 N–H and O–H groups in total. The average molecular weight is 206 g/mol. The summed E-state index contributed by atoms with van der Waals surface area (Å²) >= 11 is 0. The molecule has 0 spiro atoms. The summed E-state index contributed by atoms with van der Waals surface area (Å²) < 4.78 is 0. The summed E-state index contributed by atoms with van der Waals surface area (Å²) in [6, 6.07) is 1.96. The van der Waals surface area contributed by atoms with E-state index in [1.807, 2.05) is 13.1 Å². The van der Waals surface area contributed by atoms with Crippen LogP contribution in [0.4, 0.5) is 11.6 Å². The molecule has 4 heteroatoms. The van der Waals surface area contributed by atoms with E-state index in [4.69, 9.17) is 0 Å². The predicted octanol–water partition coefficient (Wildman–Crippen LogP) is 1.90. The van der Waals surface area contributed by atoms with Crippen LogP contribution in [0.25, 0.3) is 0 Å². The first-order valence-electron chi connectivity index (χ1n) is 5.61. The summed E-state index contributed by atoms with van der Waals surface area (Å²) in [5, 5.41) is 6.42. The van der Waals surface area contributed by atoms with E-state index in [9.17, 15) is 0 Å². The molecule has 0 atom stereocenters. The second-order valence-electron chi connectivity index (χ2n) is 3.98. The van der Waals surface area contributed by atoms with Crippen LogP contribution in [-0.2, 0) is 6.42 Å². The van der Waals surface area contributed by atoms with Gasteiger partial charge in [0.1, 0.15) is 17.5 Å². The van der Waals surface area contributed by atoms with E-state index in [1.54, 1.807) is 0 Å². The maximum atomic E-state index is 4.44. The summed E-state index contributed by atoms with van der Waals surface area (Å²) in [6.07, 6.45) is 3.59. The molecule has 1 aliphatic carbocycles. The van der Waals surface area contributed by atoms with Gasteiger partial charge in [0.15, 0.2) is 0 Å². The average Bonchev–Trinajstić information content (AvgIpc) is 3.09. The smallest absolute Gasteiger partial charge is 0.132 e. The Morgan fingerprint density at radius 2 is 2.07 bits per heavy atom. The van der Waals surface area contributed by atoms with E-state index in [0.717, 1.165) is 36.3 Å². The number of aryl methyl sites for hydroxylation is 1. The Hall–Kier alpha value is -1.32. The minimum Gasteiger partial charge on any atom is -0.373 e. The van der Waals surface area contributed by atoms with Gasteiger partial charge >= 0.3 is 0 Å². The fourth-order valence-corrected chi connectivity index (χ4v) is 1.44. The zero-order valence-corrected chi connectivity index (χ0v) is 9.38. The SMILES string of the molecule is CCc1nc(NC)cc(NCC2CC2)n1. The van der Waals surface area contributed by atoms with E-state index in [2.05, 4.69) is 27.5 Å². The molecular formula is C11H18N4. The zero-order valence-electron chi connectivity index (χ0n) is 9.38. The summed E-state index contributed by atoms with van der Waals surface area (Å²) in [5.74, 6) is 3.58. The number of hydrogen-bond acceptors (Lipinski definition) is 4. The Bertz CT molecular complexity index is 311. The molecule has 0 aromatic carbocycles. The predicted molar refractivity (Wildman–Crippen MR) is 62.2 cm³/mol. The van der Waals surface area contributed by atoms with Crippen molar-refractivity contribution >= 4 is 11.6 Å². The minimum absolute atomic E-state index is 0.864. The van der Waals surface area contributed by atoms with E-state index < -0.39 is 0 Å². The second kappa shape index (κ2) is 4.47. The second-order valence-corrected chi connectivity index (χ2v) is 3.98. The molecule has 0 aliphatic heterocycles. The van der Waals surface area contributed by atoms with E-state index in [1.165, 1.54) is 12.8 Å². The van der Waals surface area contributed by atoms with Crippen LogP contribution >= 0.6 is 0 Å². The van der Waals surface area contributed by atoms with E-state index in [0.29, 0.717) is 0 Å². The fraction of sp³-hybridized carbons (Fsp3) is 0.636. The summed E-state index contributed by atoms with van der Waals surface area (Å²) in [5.41, 5.74) is 0. The topological polar surface area (TPSA) is 49.8 Å². The van der Waals surface area contributed by atoms with Crippen molar-refractivity contribution in [2.24, 2.45) is 5.92 Å². The van der Waals surface area contributed by atoms with Crippen LogP contribution in [-0.4, -0.2) is 23.6 Å². The van der Waals surface area contributed by atoms with Crippen LogP contribution in [0.2, 0.25) is 0 Å². The molecule has 1 fully saturated rings. The first-order chi connectivity index (χ1) is 7.31. The molecule has 2 rings (SSSR count). The van der Waals surface area contributed by atoms with Gasteiger partial charge in [-0.3, -0.25) is 0 Å². The van der Waals surface area contributed by atoms with Crippen molar-refractivity contribution in [2.45, 2.75) is 26.2 Å². The largest absolute Gasteiger partial charge is 0.373 e. The molecule has 82 valence electrons. The van der Waals surface area contributed by atoms with Gasteiger partial charge in [-0.15, -0.1) is 0 Å². The molecule has 1 aromatic heterocycles. The van der Waals surface area contributed by atoms with Crippen LogP contribution in [0.3, 0.4) is 0 Å². The lowest BCUT2D eigenvalue weighted by atomic mass is 10.4. The lowest BCUT2D eigenvalue weighted by Gasteiger charge is -2.08. The summed E-state index contributed by atoms with van der Waals surface area (Å²) in [4.78, 5) is 8.79. The standard InChI is InChI=1S/C11H18N4/c1-3-9-14-10(12-2)6-11(15-9)13-7-8-4-5-8/h6,8H,3-5,7H2,1-2H3,(H2,12,13,14,15). The van der Waals surface area contributed by atoms with Gasteiger partial charge in [0, 0.05) is 26.1 Å². The monoisotopic (exact) mass is 206 g/mol. The molecule has 4 nitrogen and oxygen atoms in total. The van der Waals surface area contributed by atoms with Gasteiger partial charge in [-0.25, -0.2) is 9.97 Å². The number of hydrogen-bond donors (Lipinski definition) is 2. The molecule has 1 saturated carbocycles. The Morgan fingerprint density at radius 3 is 2.67 bits per heavy atom. The lowest BCUT2D eigenvalue weighted by Crippen LogP contribution is -2.08. The normalized spacial score (nSPS) is 15.1. The lowest BCUT2D eigenvalue weighted by molar-refractivity contribution is 0.870. The van der Waals surface area contributed by atoms with Gasteiger partial charge in [0.25, 0.3) is 0 Å². The van der Waals surface area contributed by atoms with Gasteiger partial charge < -0.3 is 10.6 Å². The molecule has 1 aliphatic rings. The highest BCUT2D eigenvalue weighted by Gasteiger charge is 2.20. The molecular weight excluding hydrogens is 188 g/mol. The zero-order chi connectivity index (χ0) is 10.7. The third kappa shape index (κ3) is 2.81. The van der Waals surface area contributed by atoms with Crippen LogP contribution in [0.15, 0.2) is 6.07 Å². The van der Waals surface area contributed by atoms with Crippen molar-refractivity contribution in [3.8, 4) is 0 Å². The molecule has 15 heavy (non-hydrogen) atoms. The molecule has 0 bridgehead atoms. The summed E-state index contributed by atoms with van der Waals surface area (Å²) in [6.45, 7) is 3.11. The quantitative estimate of drug-likeness (QED) is 0.772. The van der Waals surface area contributed by atoms with Crippen LogP contribution in [0.5, 0.6) is 0 Å². The Balaban J connectivity index is 2.06. The number of aromatic nitrogens is 2. The van der Waals surface area contributed by atoms with Crippen molar-refractivity contribution < 1.29 is 0 Å². The van der Waals surface area contributed by atoms with Crippen molar-refractivity contribution in [1.29, 1.82) is 0 Å². The molecule has 0 saturated heterocycles. The number of nitrogens with one attached hydrogen (secondary N) is 2. The van der Waals surface area contributed by atoms with Crippen LogP contribution in [0.1, 0.15) is 25.6 Å². The molecule has 0 unspecified atom stereocenters. The van der Waals surface area contributed by atoms with Crippen molar-refractivity contribution in [3.63, 3.8) is 0 Å². The number of anilines is 2. The van der Waals surface area contributed by atoms with E-state index >= 15 is 0 Å². The maximum absolute atomic E-state index is 4.44. The Morgan fingerprint density at radius 1 is 1.33 bits per heavy atom. The summed E-state index contributed by atoms with van der Waals surface area (Å²) in [7, 11) is 1.88. The highest BCUT2D eigenvalue weighted by molar-refractivity contribution is 5.47. The Labute approximate surface area is 90.5 Å². The number of rotatable bonds is 5. The van der Waals surface area contributed by atoms with Crippen molar-refractivity contribution in [3.05, 3.63) is 11.9 Å².